The van der Waals surface area contributed by atoms with Crippen LogP contribution in [0, 0.1) is 0 Å². The molecule has 1 heterocycles. The molecule has 1 amide bonds. The number of anilines is 2. The van der Waals surface area contributed by atoms with Crippen LogP contribution in [0.4, 0.5) is 11.4 Å². The lowest BCUT2D eigenvalue weighted by molar-refractivity contribution is 0.0986. The van der Waals surface area contributed by atoms with Crippen LogP contribution in [0.3, 0.4) is 0 Å². The smallest absolute Gasteiger partial charge is 0.264 e. The number of carbonyl (C=O) groups is 1. The number of hydrogen-bond donors (Lipinski definition) is 0. The second-order valence-electron chi connectivity index (χ2n) is 6.96. The van der Waals surface area contributed by atoms with Crippen molar-refractivity contribution in [1.82, 2.24) is 0 Å². The molecular formula is C23H22N2O3S2. The third-order valence-corrected chi connectivity index (χ3v) is 8.01. The van der Waals surface area contributed by atoms with E-state index in [0.29, 0.717) is 17.8 Å². The van der Waals surface area contributed by atoms with E-state index in [1.54, 1.807) is 53.1 Å². The van der Waals surface area contributed by atoms with E-state index in [2.05, 4.69) is 0 Å². The first-order chi connectivity index (χ1) is 14.5. The minimum Gasteiger partial charge on any atom is -0.307 e. The Morgan fingerprint density at radius 1 is 0.933 bits per heavy atom. The Hall–Kier alpha value is -2.77. The Bertz CT molecular complexity index is 1150. The van der Waals surface area contributed by atoms with Gasteiger partial charge in [-0.2, -0.15) is 0 Å². The van der Waals surface area contributed by atoms with Gasteiger partial charge < -0.3 is 4.90 Å². The molecule has 30 heavy (non-hydrogen) atoms. The van der Waals surface area contributed by atoms with Gasteiger partial charge in [0, 0.05) is 24.1 Å². The first kappa shape index (κ1) is 20.5. The van der Waals surface area contributed by atoms with Crippen LogP contribution in [0.1, 0.15) is 16.8 Å². The zero-order valence-electron chi connectivity index (χ0n) is 16.6. The van der Waals surface area contributed by atoms with Gasteiger partial charge in [-0.05, 0) is 60.7 Å². The molecule has 5 nitrogen and oxygen atoms in total. The quantitative estimate of drug-likeness (QED) is 0.595. The van der Waals surface area contributed by atoms with Crippen molar-refractivity contribution in [3.63, 3.8) is 0 Å². The fourth-order valence-corrected chi connectivity index (χ4v) is 5.59. The van der Waals surface area contributed by atoms with Crippen molar-refractivity contribution in [2.24, 2.45) is 0 Å². The maximum Gasteiger partial charge on any atom is 0.264 e. The maximum absolute atomic E-state index is 13.2. The summed E-state index contributed by atoms with van der Waals surface area (Å²) in [6, 6.07) is 23.0. The van der Waals surface area contributed by atoms with Gasteiger partial charge in [-0.25, -0.2) is 8.42 Å². The van der Waals surface area contributed by atoms with Gasteiger partial charge in [0.1, 0.15) is 0 Å². The SMILES string of the molecule is CN(c1ccccc1)S(=O)(=O)c1ccc(C(=O)N2CCCSc3ccccc32)cc1. The topological polar surface area (TPSA) is 57.7 Å². The fourth-order valence-electron chi connectivity index (χ4n) is 3.40. The number of hydrogen-bond acceptors (Lipinski definition) is 4. The Kier molecular flexibility index (Phi) is 5.83. The summed E-state index contributed by atoms with van der Waals surface area (Å²) >= 11 is 1.75. The Balaban J connectivity index is 1.60. The minimum atomic E-state index is -3.71. The third kappa shape index (κ3) is 3.95. The van der Waals surface area contributed by atoms with Gasteiger partial charge in [0.05, 0.1) is 16.3 Å². The second kappa shape index (κ2) is 8.53. The molecule has 4 rings (SSSR count). The van der Waals surface area contributed by atoms with Gasteiger partial charge >= 0.3 is 0 Å². The lowest BCUT2D eigenvalue weighted by Crippen LogP contribution is -2.32. The van der Waals surface area contributed by atoms with Crippen LogP contribution in [0.15, 0.2) is 88.7 Å². The number of rotatable bonds is 4. The summed E-state index contributed by atoms with van der Waals surface area (Å²) in [5.41, 5.74) is 1.96. The molecule has 3 aromatic carbocycles. The highest BCUT2D eigenvalue weighted by atomic mass is 32.2. The number of sulfonamides is 1. The molecule has 0 saturated carbocycles. The number of nitrogens with zero attached hydrogens (tertiary/aromatic N) is 2. The summed E-state index contributed by atoms with van der Waals surface area (Å²) in [7, 11) is -2.19. The Morgan fingerprint density at radius 3 is 2.33 bits per heavy atom. The number of benzene rings is 3. The molecule has 0 bridgehead atoms. The number of fused-ring (bicyclic) bond motifs is 1. The van der Waals surface area contributed by atoms with Crippen molar-refractivity contribution >= 4 is 39.1 Å². The molecule has 0 unspecified atom stereocenters. The van der Waals surface area contributed by atoms with Crippen molar-refractivity contribution in [2.45, 2.75) is 16.2 Å². The van der Waals surface area contributed by atoms with Crippen LogP contribution in [0.2, 0.25) is 0 Å². The third-order valence-electron chi connectivity index (χ3n) is 5.06. The van der Waals surface area contributed by atoms with Crippen molar-refractivity contribution in [3.8, 4) is 0 Å². The second-order valence-corrected chi connectivity index (χ2v) is 10.1. The normalized spacial score (nSPS) is 14.0. The molecule has 7 heteroatoms. The molecule has 1 aliphatic rings. The predicted molar refractivity (Wildman–Crippen MR) is 122 cm³/mol. The largest absolute Gasteiger partial charge is 0.307 e. The van der Waals surface area contributed by atoms with Crippen molar-refractivity contribution in [2.75, 3.05) is 28.6 Å². The van der Waals surface area contributed by atoms with Crippen molar-refractivity contribution in [3.05, 3.63) is 84.4 Å². The molecule has 0 saturated heterocycles. The van der Waals surface area contributed by atoms with E-state index < -0.39 is 10.0 Å². The van der Waals surface area contributed by atoms with E-state index in [1.165, 1.54) is 23.5 Å². The highest BCUT2D eigenvalue weighted by Crippen LogP contribution is 2.34. The summed E-state index contributed by atoms with van der Waals surface area (Å²) in [5.74, 6) is 0.842. The van der Waals surface area contributed by atoms with Crippen LogP contribution < -0.4 is 9.21 Å². The van der Waals surface area contributed by atoms with E-state index in [1.807, 2.05) is 30.3 Å². The van der Waals surface area contributed by atoms with Gasteiger partial charge in [-0.3, -0.25) is 9.10 Å². The maximum atomic E-state index is 13.2. The average Bonchev–Trinajstić information content (AvgIpc) is 3.01. The van der Waals surface area contributed by atoms with Gasteiger partial charge in [-0.1, -0.05) is 30.3 Å². The lowest BCUT2D eigenvalue weighted by Gasteiger charge is -2.23. The molecule has 0 spiro atoms. The van der Waals surface area contributed by atoms with Crippen LogP contribution in [-0.2, 0) is 10.0 Å². The van der Waals surface area contributed by atoms with E-state index in [0.717, 1.165) is 22.8 Å². The molecule has 3 aromatic rings. The summed E-state index contributed by atoms with van der Waals surface area (Å²) in [5, 5.41) is 0. The summed E-state index contributed by atoms with van der Waals surface area (Å²) in [6.07, 6.45) is 0.902. The molecule has 0 radical (unpaired) electrons. The summed E-state index contributed by atoms with van der Waals surface area (Å²) in [4.78, 5) is 16.2. The molecule has 0 fully saturated rings. The number of carbonyl (C=O) groups excluding carboxylic acids is 1. The number of thioether (sulfide) groups is 1. The fraction of sp³-hybridized carbons (Fsp3) is 0.174. The standard InChI is InChI=1S/C23H22N2O3S2/c1-24(19-8-3-2-4-9-19)30(27,28)20-14-12-18(13-15-20)23(26)25-16-7-17-29-22-11-6-5-10-21(22)25/h2-6,8-15H,7,16-17H2,1H3. The minimum absolute atomic E-state index is 0.120. The molecule has 1 aliphatic heterocycles. The van der Waals surface area contributed by atoms with Crippen molar-refractivity contribution in [1.29, 1.82) is 0 Å². The van der Waals surface area contributed by atoms with E-state index in [9.17, 15) is 13.2 Å². The number of amides is 1. The van der Waals surface area contributed by atoms with Crippen LogP contribution in [0.5, 0.6) is 0 Å². The van der Waals surface area contributed by atoms with Crippen LogP contribution in [0.25, 0.3) is 0 Å². The lowest BCUT2D eigenvalue weighted by atomic mass is 10.1. The van der Waals surface area contributed by atoms with E-state index in [-0.39, 0.29) is 10.8 Å². The summed E-state index contributed by atoms with van der Waals surface area (Å²) < 4.78 is 27.1. The summed E-state index contributed by atoms with van der Waals surface area (Å²) in [6.45, 7) is 0.639. The first-order valence-corrected chi connectivity index (χ1v) is 12.1. The molecule has 0 aromatic heterocycles. The first-order valence-electron chi connectivity index (χ1n) is 9.66. The molecule has 0 atom stereocenters. The monoisotopic (exact) mass is 438 g/mol. The predicted octanol–water partition coefficient (Wildman–Crippen LogP) is 4.65. The van der Waals surface area contributed by atoms with Crippen LogP contribution >= 0.6 is 11.8 Å². The Morgan fingerprint density at radius 2 is 1.60 bits per heavy atom. The zero-order chi connectivity index (χ0) is 21.1. The average molecular weight is 439 g/mol. The highest BCUT2D eigenvalue weighted by Gasteiger charge is 2.24. The van der Waals surface area contributed by atoms with Gasteiger partial charge in [0.15, 0.2) is 0 Å². The van der Waals surface area contributed by atoms with E-state index in [4.69, 9.17) is 0 Å². The molecule has 154 valence electrons. The van der Waals surface area contributed by atoms with Gasteiger partial charge in [0.2, 0.25) is 0 Å². The molecular weight excluding hydrogens is 416 g/mol. The molecule has 0 N–H and O–H groups in total. The molecule has 0 aliphatic carbocycles. The van der Waals surface area contributed by atoms with E-state index >= 15 is 0 Å². The Labute approximate surface area is 181 Å². The highest BCUT2D eigenvalue weighted by molar-refractivity contribution is 7.99. The van der Waals surface area contributed by atoms with Gasteiger partial charge in [-0.15, -0.1) is 11.8 Å². The zero-order valence-corrected chi connectivity index (χ0v) is 18.2. The van der Waals surface area contributed by atoms with Crippen LogP contribution in [-0.4, -0.2) is 33.7 Å². The van der Waals surface area contributed by atoms with Gasteiger partial charge in [0.25, 0.3) is 15.9 Å². The number of para-hydroxylation sites is 2. The van der Waals surface area contributed by atoms with Crippen molar-refractivity contribution < 1.29 is 13.2 Å².